The van der Waals surface area contributed by atoms with Gasteiger partial charge in [0, 0.05) is 29.4 Å². The van der Waals surface area contributed by atoms with Gasteiger partial charge in [0.15, 0.2) is 0 Å². The number of rotatable bonds is 5. The van der Waals surface area contributed by atoms with Gasteiger partial charge in [0.25, 0.3) is 0 Å². The van der Waals surface area contributed by atoms with Crippen LogP contribution in [0, 0.1) is 27.7 Å². The van der Waals surface area contributed by atoms with Crippen LogP contribution in [-0.2, 0) is 0 Å². The Kier molecular flexibility index (Phi) is 8.14. The van der Waals surface area contributed by atoms with E-state index >= 15 is 0 Å². The molecule has 144 valence electrons. The Morgan fingerprint density at radius 1 is 0.926 bits per heavy atom. The van der Waals surface area contributed by atoms with Crippen LogP contribution in [0.4, 0.5) is 5.69 Å². The molecular weight excluding hydrogens is 350 g/mol. The molecular formula is C23H31N3S. The Morgan fingerprint density at radius 3 is 2.15 bits per heavy atom. The molecule has 0 fully saturated rings. The first kappa shape index (κ1) is 21.3. The molecule has 2 aromatic carbocycles. The number of benzene rings is 2. The van der Waals surface area contributed by atoms with Gasteiger partial charge >= 0.3 is 0 Å². The summed E-state index contributed by atoms with van der Waals surface area (Å²) in [6.45, 7) is 11.5. The summed E-state index contributed by atoms with van der Waals surface area (Å²) < 4.78 is 3.31. The van der Waals surface area contributed by atoms with E-state index in [1.54, 1.807) is 11.9 Å². The van der Waals surface area contributed by atoms with Gasteiger partial charge in [-0.15, -0.1) is 0 Å². The molecule has 0 aliphatic heterocycles. The summed E-state index contributed by atoms with van der Waals surface area (Å²) in [6, 6.07) is 17.4. The summed E-state index contributed by atoms with van der Waals surface area (Å²) >= 11 is 1.65. The van der Waals surface area contributed by atoms with Crippen LogP contribution >= 0.6 is 11.9 Å². The predicted octanol–water partition coefficient (Wildman–Crippen LogP) is 5.82. The predicted molar refractivity (Wildman–Crippen MR) is 122 cm³/mol. The topological polar surface area (TPSA) is 37.0 Å². The first-order valence-electron chi connectivity index (χ1n) is 9.32. The molecule has 0 radical (unpaired) electrons. The Morgan fingerprint density at radius 2 is 1.56 bits per heavy atom. The molecule has 0 aliphatic carbocycles. The van der Waals surface area contributed by atoms with E-state index < -0.39 is 0 Å². The van der Waals surface area contributed by atoms with Gasteiger partial charge in [-0.25, -0.2) is 0 Å². The van der Waals surface area contributed by atoms with Gasteiger partial charge in [-0.05, 0) is 65.1 Å². The molecule has 0 bridgehead atoms. The molecule has 0 saturated carbocycles. The van der Waals surface area contributed by atoms with Crippen LogP contribution in [0.15, 0.2) is 48.5 Å². The molecule has 1 atom stereocenters. The Labute approximate surface area is 168 Å². The molecule has 27 heavy (non-hydrogen) atoms. The van der Waals surface area contributed by atoms with Crippen molar-refractivity contribution in [2.75, 3.05) is 18.1 Å². The molecule has 0 amide bonds. The van der Waals surface area contributed by atoms with Gasteiger partial charge in [-0.3, -0.25) is 9.71 Å². The van der Waals surface area contributed by atoms with E-state index in [-0.39, 0.29) is 0 Å². The number of aryl methyl sites for hydroxylation is 4. The minimum absolute atomic E-state index is 0.425. The summed E-state index contributed by atoms with van der Waals surface area (Å²) in [5.41, 5.74) is 7.31. The number of pyridine rings is 1. The number of nitrogens with zero attached hydrogens (tertiary/aromatic N) is 1. The van der Waals surface area contributed by atoms with Crippen molar-refractivity contribution in [3.63, 3.8) is 0 Å². The molecule has 0 spiro atoms. The third kappa shape index (κ3) is 6.89. The third-order valence-corrected chi connectivity index (χ3v) is 4.79. The molecule has 3 nitrogen and oxygen atoms in total. The van der Waals surface area contributed by atoms with E-state index in [2.05, 4.69) is 85.2 Å². The molecule has 1 unspecified atom stereocenters. The van der Waals surface area contributed by atoms with Crippen LogP contribution in [0.25, 0.3) is 10.9 Å². The Bertz CT molecular complexity index is 826. The molecule has 2 N–H and O–H groups in total. The van der Waals surface area contributed by atoms with Crippen molar-refractivity contribution < 1.29 is 0 Å². The van der Waals surface area contributed by atoms with Crippen LogP contribution in [0.5, 0.6) is 0 Å². The quantitative estimate of drug-likeness (QED) is 0.546. The fourth-order valence-corrected chi connectivity index (χ4v) is 3.60. The summed E-state index contributed by atoms with van der Waals surface area (Å²) in [6.07, 6.45) is 2.04. The van der Waals surface area contributed by atoms with Crippen molar-refractivity contribution in [2.24, 2.45) is 0 Å². The van der Waals surface area contributed by atoms with Crippen LogP contribution in [-0.4, -0.2) is 23.8 Å². The molecule has 3 aromatic rings. The first-order valence-corrected chi connectivity index (χ1v) is 10.5. The van der Waals surface area contributed by atoms with Crippen molar-refractivity contribution >= 4 is 28.5 Å². The summed E-state index contributed by atoms with van der Waals surface area (Å²) in [5.74, 6) is 0. The molecule has 4 heteroatoms. The lowest BCUT2D eigenvalue weighted by Gasteiger charge is -2.15. The van der Waals surface area contributed by atoms with E-state index in [9.17, 15) is 0 Å². The second-order valence-corrected chi connectivity index (χ2v) is 7.74. The minimum Gasteiger partial charge on any atom is -0.383 e. The first-order chi connectivity index (χ1) is 12.9. The van der Waals surface area contributed by atoms with Gasteiger partial charge in [0.1, 0.15) is 0 Å². The number of aromatic nitrogens is 1. The largest absolute Gasteiger partial charge is 0.383 e. The van der Waals surface area contributed by atoms with E-state index in [1.165, 1.54) is 22.1 Å². The zero-order chi connectivity index (χ0) is 19.8. The van der Waals surface area contributed by atoms with Crippen LogP contribution in [0.3, 0.4) is 0 Å². The lowest BCUT2D eigenvalue weighted by Crippen LogP contribution is -2.27. The lowest BCUT2D eigenvalue weighted by molar-refractivity contribution is 0.728. The summed E-state index contributed by atoms with van der Waals surface area (Å²) in [7, 11) is 0. The third-order valence-electron chi connectivity index (χ3n) is 4.15. The van der Waals surface area contributed by atoms with Gasteiger partial charge < -0.3 is 5.32 Å². The monoisotopic (exact) mass is 381 g/mol. The number of nitrogens with one attached hydrogen (secondary N) is 2. The Hall–Kier alpha value is -2.04. The van der Waals surface area contributed by atoms with Gasteiger partial charge in [-0.1, -0.05) is 52.9 Å². The number of hydrogen-bond donors (Lipinski definition) is 2. The highest BCUT2D eigenvalue weighted by atomic mass is 32.2. The highest BCUT2D eigenvalue weighted by Gasteiger charge is 2.04. The van der Waals surface area contributed by atoms with E-state index in [0.717, 1.165) is 23.4 Å². The van der Waals surface area contributed by atoms with Crippen LogP contribution < -0.4 is 10.0 Å². The van der Waals surface area contributed by atoms with Gasteiger partial charge in [-0.2, -0.15) is 0 Å². The highest BCUT2D eigenvalue weighted by molar-refractivity contribution is 7.96. The minimum atomic E-state index is 0.425. The van der Waals surface area contributed by atoms with Crippen LogP contribution in [0.1, 0.15) is 29.3 Å². The molecule has 0 saturated heterocycles. The average Bonchev–Trinajstić information content (AvgIpc) is 2.59. The SMILES string of the molecule is CSNC(C)CNc1cccc2nc(C)ccc12.Cc1cc(C)cc(C)c1. The smallest absolute Gasteiger partial charge is 0.0725 e. The van der Waals surface area contributed by atoms with E-state index in [1.807, 2.05) is 19.2 Å². The lowest BCUT2D eigenvalue weighted by atomic mass is 10.1. The zero-order valence-electron chi connectivity index (χ0n) is 17.3. The maximum Gasteiger partial charge on any atom is 0.0725 e. The summed E-state index contributed by atoms with van der Waals surface area (Å²) in [4.78, 5) is 4.54. The second-order valence-electron chi connectivity index (χ2n) is 7.09. The molecule has 3 rings (SSSR count). The maximum absolute atomic E-state index is 4.54. The van der Waals surface area contributed by atoms with Crippen molar-refractivity contribution in [1.82, 2.24) is 9.71 Å². The van der Waals surface area contributed by atoms with Gasteiger partial charge in [0.05, 0.1) is 5.52 Å². The van der Waals surface area contributed by atoms with E-state index in [0.29, 0.717) is 6.04 Å². The fourth-order valence-electron chi connectivity index (χ4n) is 3.12. The number of fused-ring (bicyclic) bond motifs is 1. The fraction of sp³-hybridized carbons (Fsp3) is 0.348. The molecule has 1 aromatic heterocycles. The van der Waals surface area contributed by atoms with Crippen molar-refractivity contribution in [2.45, 2.75) is 40.7 Å². The normalized spacial score (nSPS) is 11.6. The maximum atomic E-state index is 4.54. The van der Waals surface area contributed by atoms with Crippen molar-refractivity contribution in [3.05, 3.63) is 70.9 Å². The second kappa shape index (κ2) is 10.3. The molecule has 0 aliphatic rings. The van der Waals surface area contributed by atoms with Crippen molar-refractivity contribution in [1.29, 1.82) is 0 Å². The zero-order valence-corrected chi connectivity index (χ0v) is 18.1. The molecule has 1 heterocycles. The Balaban J connectivity index is 0.000000244. The van der Waals surface area contributed by atoms with Crippen molar-refractivity contribution in [3.8, 4) is 0 Å². The highest BCUT2D eigenvalue weighted by Crippen LogP contribution is 2.22. The number of anilines is 1. The number of hydrogen-bond acceptors (Lipinski definition) is 4. The van der Waals surface area contributed by atoms with Gasteiger partial charge in [0.2, 0.25) is 0 Å². The van der Waals surface area contributed by atoms with Crippen LogP contribution in [0.2, 0.25) is 0 Å². The standard InChI is InChI=1S/C14H19N3S.C9H12/c1-10-7-8-12-13(5-4-6-14(12)16-10)15-9-11(2)17-18-3;1-7-4-8(2)6-9(3)5-7/h4-8,11,15,17H,9H2,1-3H3;4-6H,1-3H3. The van der Waals surface area contributed by atoms with E-state index in [4.69, 9.17) is 0 Å². The average molecular weight is 382 g/mol. The summed E-state index contributed by atoms with van der Waals surface area (Å²) in [5, 5.41) is 4.66.